The second kappa shape index (κ2) is 7.46. The third-order valence-corrected chi connectivity index (χ3v) is 3.68. The van der Waals surface area contributed by atoms with Gasteiger partial charge in [-0.1, -0.05) is 6.58 Å². The van der Waals surface area contributed by atoms with Gasteiger partial charge in [-0.15, -0.1) is 12.3 Å². The molecule has 0 saturated carbocycles. The van der Waals surface area contributed by atoms with Crippen LogP contribution >= 0.6 is 0 Å². The molecule has 2 amide bonds. The third kappa shape index (κ3) is 3.76. The van der Waals surface area contributed by atoms with E-state index < -0.39 is 0 Å². The predicted octanol–water partition coefficient (Wildman–Crippen LogP) is 0.986. The molecular weight excluding hydrogens is 280 g/mol. The molecule has 6 nitrogen and oxygen atoms in total. The molecule has 2 heterocycles. The zero-order valence-corrected chi connectivity index (χ0v) is 12.5. The quantitative estimate of drug-likeness (QED) is 0.501. The van der Waals surface area contributed by atoms with Gasteiger partial charge in [-0.25, -0.2) is 0 Å². The van der Waals surface area contributed by atoms with E-state index in [1.54, 1.807) is 22.0 Å². The lowest BCUT2D eigenvalue weighted by molar-refractivity contribution is -0.127. The summed E-state index contributed by atoms with van der Waals surface area (Å²) < 4.78 is 1.76. The summed E-state index contributed by atoms with van der Waals surface area (Å²) >= 11 is 0. The smallest absolute Gasteiger partial charge is 0.254 e. The molecule has 1 N–H and O–H groups in total. The van der Waals surface area contributed by atoms with Gasteiger partial charge in [0.1, 0.15) is 0 Å². The number of likely N-dealkylation sites (tertiary alicyclic amines) is 1. The number of piperidine rings is 1. The molecule has 0 radical (unpaired) electrons. The average molecular weight is 300 g/mol. The maximum atomic E-state index is 11.9. The van der Waals surface area contributed by atoms with Crippen LogP contribution in [0.1, 0.15) is 35.7 Å². The Labute approximate surface area is 130 Å². The van der Waals surface area contributed by atoms with Crippen molar-refractivity contribution in [2.75, 3.05) is 19.6 Å². The summed E-state index contributed by atoms with van der Waals surface area (Å²) in [5.74, 6) is 2.22. The highest BCUT2D eigenvalue weighted by molar-refractivity contribution is 5.93. The number of nitrogens with one attached hydrogen (secondary N) is 1. The summed E-state index contributed by atoms with van der Waals surface area (Å²) in [5.41, 5.74) is 0.504. The predicted molar refractivity (Wildman–Crippen MR) is 83.1 cm³/mol. The largest absolute Gasteiger partial charge is 0.351 e. The van der Waals surface area contributed by atoms with Gasteiger partial charge in [-0.3, -0.25) is 14.3 Å². The average Bonchev–Trinajstić information content (AvgIpc) is 3.04. The Bertz CT molecular complexity index is 600. The summed E-state index contributed by atoms with van der Waals surface area (Å²) in [6.45, 7) is 5.29. The lowest BCUT2D eigenvalue weighted by Crippen LogP contribution is -2.40. The van der Waals surface area contributed by atoms with Crippen molar-refractivity contribution >= 4 is 11.8 Å². The SMILES string of the molecule is C#CCCNC(=O)c1cnn(C2CCCN(C(=O)C=C)C2)c1. The topological polar surface area (TPSA) is 67.2 Å². The Morgan fingerprint density at radius 3 is 3.14 bits per heavy atom. The number of carbonyl (C=O) groups excluding carboxylic acids is 2. The molecule has 2 rings (SSSR count). The van der Waals surface area contributed by atoms with Crippen molar-refractivity contribution < 1.29 is 9.59 Å². The molecule has 1 atom stereocenters. The van der Waals surface area contributed by atoms with Gasteiger partial charge in [0.15, 0.2) is 0 Å². The molecule has 0 aliphatic carbocycles. The van der Waals surface area contributed by atoms with Gasteiger partial charge in [0, 0.05) is 32.3 Å². The monoisotopic (exact) mass is 300 g/mol. The van der Waals surface area contributed by atoms with Crippen molar-refractivity contribution in [3.63, 3.8) is 0 Å². The van der Waals surface area contributed by atoms with Crippen molar-refractivity contribution in [1.29, 1.82) is 0 Å². The molecular formula is C16H20N4O2. The Balaban J connectivity index is 1.98. The van der Waals surface area contributed by atoms with Crippen LogP contribution in [0.2, 0.25) is 0 Å². The third-order valence-electron chi connectivity index (χ3n) is 3.68. The van der Waals surface area contributed by atoms with Crippen LogP contribution in [0.4, 0.5) is 0 Å². The first-order valence-electron chi connectivity index (χ1n) is 7.33. The van der Waals surface area contributed by atoms with Crippen molar-refractivity contribution in [3.05, 3.63) is 30.6 Å². The number of rotatable bonds is 5. The van der Waals surface area contributed by atoms with Crippen LogP contribution in [0.3, 0.4) is 0 Å². The molecule has 1 saturated heterocycles. The number of carbonyl (C=O) groups is 2. The van der Waals surface area contributed by atoms with Gasteiger partial charge in [-0.05, 0) is 18.9 Å². The van der Waals surface area contributed by atoms with E-state index in [4.69, 9.17) is 6.42 Å². The second-order valence-corrected chi connectivity index (χ2v) is 5.20. The number of amides is 2. The molecule has 22 heavy (non-hydrogen) atoms. The van der Waals surface area contributed by atoms with Gasteiger partial charge in [0.25, 0.3) is 5.91 Å². The fraction of sp³-hybridized carbons (Fsp3) is 0.438. The minimum atomic E-state index is -0.184. The first-order valence-corrected chi connectivity index (χ1v) is 7.33. The zero-order valence-electron chi connectivity index (χ0n) is 12.5. The fourth-order valence-corrected chi connectivity index (χ4v) is 2.51. The second-order valence-electron chi connectivity index (χ2n) is 5.20. The standard InChI is InChI=1S/C16H20N4O2/c1-3-5-8-17-16(22)13-10-18-20(11-13)14-7-6-9-19(12-14)15(21)4-2/h1,4,10-11,14H,2,5-9,12H2,(H,17,22). The van der Waals surface area contributed by atoms with Crippen LogP contribution in [0.25, 0.3) is 0 Å². The summed E-state index contributed by atoms with van der Waals surface area (Å²) in [5, 5.41) is 7.00. The number of terminal acetylenes is 1. The fourth-order valence-electron chi connectivity index (χ4n) is 2.51. The summed E-state index contributed by atoms with van der Waals surface area (Å²) in [4.78, 5) is 25.4. The molecule has 1 aromatic rings. The molecule has 1 aliphatic rings. The van der Waals surface area contributed by atoms with Crippen molar-refractivity contribution in [2.24, 2.45) is 0 Å². The zero-order chi connectivity index (χ0) is 15.9. The van der Waals surface area contributed by atoms with Gasteiger partial charge in [0.2, 0.25) is 5.91 Å². The van der Waals surface area contributed by atoms with E-state index >= 15 is 0 Å². The maximum absolute atomic E-state index is 11.9. The Kier molecular flexibility index (Phi) is 5.37. The van der Waals surface area contributed by atoms with Gasteiger partial charge < -0.3 is 10.2 Å². The van der Waals surface area contributed by atoms with E-state index in [9.17, 15) is 9.59 Å². The summed E-state index contributed by atoms with van der Waals surface area (Å²) in [7, 11) is 0. The first kappa shape index (κ1) is 15.8. The van der Waals surface area contributed by atoms with Crippen molar-refractivity contribution in [3.8, 4) is 12.3 Å². The molecule has 1 aliphatic heterocycles. The van der Waals surface area contributed by atoms with Crippen LogP contribution in [0.15, 0.2) is 25.0 Å². The van der Waals surface area contributed by atoms with E-state index in [2.05, 4.69) is 22.9 Å². The molecule has 1 unspecified atom stereocenters. The number of hydrogen-bond donors (Lipinski definition) is 1. The van der Waals surface area contributed by atoms with E-state index in [0.717, 1.165) is 19.4 Å². The van der Waals surface area contributed by atoms with E-state index in [1.807, 2.05) is 0 Å². The minimum Gasteiger partial charge on any atom is -0.351 e. The summed E-state index contributed by atoms with van der Waals surface area (Å²) in [6, 6.07) is 0.0879. The Morgan fingerprint density at radius 2 is 2.41 bits per heavy atom. The first-order chi connectivity index (χ1) is 10.7. The van der Waals surface area contributed by atoms with E-state index in [0.29, 0.717) is 25.1 Å². The normalized spacial score (nSPS) is 17.6. The Morgan fingerprint density at radius 1 is 1.59 bits per heavy atom. The van der Waals surface area contributed by atoms with Gasteiger partial charge in [0.05, 0.1) is 17.8 Å². The minimum absolute atomic E-state index is 0.0656. The van der Waals surface area contributed by atoms with Crippen LogP contribution in [0, 0.1) is 12.3 Å². The van der Waals surface area contributed by atoms with Crippen LogP contribution in [-0.4, -0.2) is 46.1 Å². The molecule has 1 aromatic heterocycles. The molecule has 6 heteroatoms. The molecule has 0 spiro atoms. The lowest BCUT2D eigenvalue weighted by Gasteiger charge is -2.32. The van der Waals surface area contributed by atoms with E-state index in [1.165, 1.54) is 6.08 Å². The highest BCUT2D eigenvalue weighted by Gasteiger charge is 2.24. The van der Waals surface area contributed by atoms with Crippen molar-refractivity contribution in [1.82, 2.24) is 20.0 Å². The number of nitrogens with zero attached hydrogens (tertiary/aromatic N) is 3. The Hall–Kier alpha value is -2.55. The van der Waals surface area contributed by atoms with Crippen LogP contribution < -0.4 is 5.32 Å². The van der Waals surface area contributed by atoms with Crippen LogP contribution in [0.5, 0.6) is 0 Å². The highest BCUT2D eigenvalue weighted by Crippen LogP contribution is 2.21. The van der Waals surface area contributed by atoms with Gasteiger partial charge in [-0.2, -0.15) is 5.10 Å². The van der Waals surface area contributed by atoms with Gasteiger partial charge >= 0.3 is 0 Å². The molecule has 0 aromatic carbocycles. The number of hydrogen-bond acceptors (Lipinski definition) is 3. The summed E-state index contributed by atoms with van der Waals surface area (Å²) in [6.07, 6.45) is 12.1. The molecule has 116 valence electrons. The highest BCUT2D eigenvalue weighted by atomic mass is 16.2. The molecule has 0 bridgehead atoms. The van der Waals surface area contributed by atoms with Crippen LogP contribution in [-0.2, 0) is 4.79 Å². The number of aromatic nitrogens is 2. The van der Waals surface area contributed by atoms with Crippen molar-refractivity contribution in [2.45, 2.75) is 25.3 Å². The molecule has 1 fully saturated rings. The lowest BCUT2D eigenvalue weighted by atomic mass is 10.1. The maximum Gasteiger partial charge on any atom is 0.254 e. The van der Waals surface area contributed by atoms with E-state index in [-0.39, 0.29) is 17.9 Å².